The Morgan fingerprint density at radius 2 is 2.25 bits per heavy atom. The van der Waals surface area contributed by atoms with Crippen LogP contribution in [0.4, 0.5) is 0 Å². The third-order valence-electron chi connectivity index (χ3n) is 1.81. The highest BCUT2D eigenvalue weighted by Gasteiger charge is 2.03. The summed E-state index contributed by atoms with van der Waals surface area (Å²) in [6.07, 6.45) is 0.658. The highest BCUT2D eigenvalue weighted by molar-refractivity contribution is 6.35. The van der Waals surface area contributed by atoms with Crippen molar-refractivity contribution in [2.75, 3.05) is 0 Å². The van der Waals surface area contributed by atoms with E-state index in [0.29, 0.717) is 6.42 Å². The van der Waals surface area contributed by atoms with Crippen LogP contribution in [0.25, 0.3) is 11.0 Å². The molecule has 2 heteroatoms. The molecule has 0 saturated carbocycles. The maximum Gasteiger partial charge on any atom is 0.135 e. The summed E-state index contributed by atoms with van der Waals surface area (Å²) in [5.74, 6) is 0.873. The van der Waals surface area contributed by atoms with E-state index in [4.69, 9.17) is 16.0 Å². The lowest BCUT2D eigenvalue weighted by Crippen LogP contribution is -1.68. The summed E-state index contributed by atoms with van der Waals surface area (Å²) in [7, 11) is 0. The molecular weight excluding hydrogens is 172 g/mol. The second-order valence-electron chi connectivity index (χ2n) is 2.61. The zero-order valence-electron chi connectivity index (χ0n) is 6.51. The van der Waals surface area contributed by atoms with Gasteiger partial charge in [0.25, 0.3) is 0 Å². The lowest BCUT2D eigenvalue weighted by Gasteiger charge is -1.88. The van der Waals surface area contributed by atoms with E-state index in [1.54, 1.807) is 0 Å². The van der Waals surface area contributed by atoms with E-state index in [1.807, 2.05) is 24.3 Å². The van der Waals surface area contributed by atoms with Crippen LogP contribution < -0.4 is 0 Å². The maximum absolute atomic E-state index is 5.95. The van der Waals surface area contributed by atoms with Crippen LogP contribution in [0, 0.1) is 6.92 Å². The lowest BCUT2D eigenvalue weighted by atomic mass is 10.2. The normalized spacial score (nSPS) is 10.8. The predicted octanol–water partition coefficient (Wildman–Crippen LogP) is 3.46. The molecule has 0 amide bonds. The van der Waals surface area contributed by atoms with Crippen molar-refractivity contribution < 1.29 is 4.42 Å². The first kappa shape index (κ1) is 7.69. The van der Waals surface area contributed by atoms with Gasteiger partial charge in [-0.15, -0.1) is 0 Å². The molecule has 1 radical (unpaired) electrons. The Balaban J connectivity index is 2.74. The first-order chi connectivity index (χ1) is 5.81. The zero-order chi connectivity index (χ0) is 8.55. The Labute approximate surface area is 75.9 Å². The van der Waals surface area contributed by atoms with Crippen LogP contribution in [0.5, 0.6) is 0 Å². The monoisotopic (exact) mass is 179 g/mol. The smallest absolute Gasteiger partial charge is 0.135 e. The van der Waals surface area contributed by atoms with E-state index < -0.39 is 0 Å². The molecule has 0 saturated heterocycles. The maximum atomic E-state index is 5.95. The Kier molecular flexibility index (Phi) is 1.81. The van der Waals surface area contributed by atoms with E-state index in [0.717, 1.165) is 21.8 Å². The van der Waals surface area contributed by atoms with Crippen LogP contribution >= 0.6 is 11.6 Å². The molecule has 0 aliphatic heterocycles. The quantitative estimate of drug-likeness (QED) is 0.654. The van der Waals surface area contributed by atoms with Gasteiger partial charge >= 0.3 is 0 Å². The molecule has 1 aromatic carbocycles. The number of benzene rings is 1. The summed E-state index contributed by atoms with van der Waals surface area (Å²) >= 11 is 5.95. The molecule has 0 fully saturated rings. The van der Waals surface area contributed by atoms with Crippen LogP contribution in [0.15, 0.2) is 28.7 Å². The Hall–Kier alpha value is -0.950. The van der Waals surface area contributed by atoms with Crippen LogP contribution in [0.3, 0.4) is 0 Å². The molecule has 12 heavy (non-hydrogen) atoms. The van der Waals surface area contributed by atoms with Crippen molar-refractivity contribution in [1.29, 1.82) is 0 Å². The molecule has 61 valence electrons. The number of hydrogen-bond donors (Lipinski definition) is 0. The van der Waals surface area contributed by atoms with Crippen LogP contribution in [-0.4, -0.2) is 0 Å². The topological polar surface area (TPSA) is 13.1 Å². The molecule has 1 aromatic heterocycles. The first-order valence-electron chi connectivity index (χ1n) is 3.77. The minimum absolute atomic E-state index is 0.658. The molecule has 0 N–H and O–H groups in total. The minimum Gasteiger partial charge on any atom is -0.461 e. The number of furan rings is 1. The molecule has 0 spiro atoms. The minimum atomic E-state index is 0.658. The predicted molar refractivity (Wildman–Crippen MR) is 50.3 cm³/mol. The molecular formula is C10H8ClO. The first-order valence-corrected chi connectivity index (χ1v) is 4.15. The Morgan fingerprint density at radius 1 is 1.42 bits per heavy atom. The van der Waals surface area contributed by atoms with Crippen LogP contribution in [0.2, 0.25) is 5.02 Å². The van der Waals surface area contributed by atoms with Crippen molar-refractivity contribution in [3.63, 3.8) is 0 Å². The third-order valence-corrected chi connectivity index (χ3v) is 2.14. The fourth-order valence-corrected chi connectivity index (χ4v) is 1.42. The van der Waals surface area contributed by atoms with E-state index in [1.165, 1.54) is 0 Å². The van der Waals surface area contributed by atoms with E-state index in [9.17, 15) is 0 Å². The molecule has 2 aromatic rings. The number of fused-ring (bicyclic) bond motifs is 1. The largest absolute Gasteiger partial charge is 0.461 e. The third kappa shape index (κ3) is 1.10. The van der Waals surface area contributed by atoms with Gasteiger partial charge in [-0.05, 0) is 25.1 Å². The Morgan fingerprint density at radius 3 is 2.92 bits per heavy atom. The van der Waals surface area contributed by atoms with E-state index in [2.05, 4.69) is 6.92 Å². The van der Waals surface area contributed by atoms with Crippen molar-refractivity contribution in [3.05, 3.63) is 42.0 Å². The second kappa shape index (κ2) is 2.83. The summed E-state index contributed by atoms with van der Waals surface area (Å²) in [6, 6.07) is 7.57. The highest BCUT2D eigenvalue weighted by Crippen LogP contribution is 2.26. The van der Waals surface area contributed by atoms with Gasteiger partial charge in [-0.2, -0.15) is 0 Å². The van der Waals surface area contributed by atoms with Gasteiger partial charge in [0, 0.05) is 11.8 Å². The summed E-state index contributed by atoms with van der Waals surface area (Å²) in [5.41, 5.74) is 0.834. The van der Waals surface area contributed by atoms with Crippen molar-refractivity contribution >= 4 is 22.6 Å². The fraction of sp³-hybridized carbons (Fsp3) is 0.100. The van der Waals surface area contributed by atoms with Crippen LogP contribution in [0.1, 0.15) is 5.76 Å². The summed E-state index contributed by atoms with van der Waals surface area (Å²) in [5, 5.41) is 1.70. The van der Waals surface area contributed by atoms with Gasteiger partial charge in [-0.3, -0.25) is 0 Å². The van der Waals surface area contributed by atoms with Crippen molar-refractivity contribution in [1.82, 2.24) is 0 Å². The molecule has 2 rings (SSSR count). The molecule has 0 unspecified atom stereocenters. The van der Waals surface area contributed by atoms with Gasteiger partial charge in [0.15, 0.2) is 0 Å². The van der Waals surface area contributed by atoms with Gasteiger partial charge in [0.2, 0.25) is 0 Å². The van der Waals surface area contributed by atoms with Gasteiger partial charge in [-0.25, -0.2) is 0 Å². The second-order valence-corrected chi connectivity index (χ2v) is 3.02. The Bertz CT molecular complexity index is 403. The summed E-state index contributed by atoms with van der Waals surface area (Å²) < 4.78 is 5.45. The zero-order valence-corrected chi connectivity index (χ0v) is 7.27. The fourth-order valence-electron chi connectivity index (χ4n) is 1.20. The molecule has 1 nitrogen and oxygen atoms in total. The molecule has 1 heterocycles. The SMILES string of the molecule is [CH2]Cc1cc2c(Cl)cccc2o1. The highest BCUT2D eigenvalue weighted by atomic mass is 35.5. The van der Waals surface area contributed by atoms with Gasteiger partial charge in [0.1, 0.15) is 11.3 Å². The molecule has 0 bridgehead atoms. The summed E-state index contributed by atoms with van der Waals surface area (Å²) in [4.78, 5) is 0. The average molecular weight is 180 g/mol. The van der Waals surface area contributed by atoms with Crippen molar-refractivity contribution in [3.8, 4) is 0 Å². The van der Waals surface area contributed by atoms with Gasteiger partial charge < -0.3 is 4.42 Å². The van der Waals surface area contributed by atoms with E-state index >= 15 is 0 Å². The number of halogens is 1. The van der Waals surface area contributed by atoms with E-state index in [-0.39, 0.29) is 0 Å². The molecule has 0 atom stereocenters. The number of rotatable bonds is 1. The van der Waals surface area contributed by atoms with Gasteiger partial charge in [-0.1, -0.05) is 17.7 Å². The van der Waals surface area contributed by atoms with Crippen molar-refractivity contribution in [2.45, 2.75) is 6.42 Å². The standard InChI is InChI=1S/C10H8ClO/c1-2-7-6-8-9(11)4-3-5-10(8)12-7/h3-6H,1-2H2. The summed E-state index contributed by atoms with van der Waals surface area (Å²) in [6.45, 7) is 3.74. The average Bonchev–Trinajstić information content (AvgIpc) is 2.49. The number of hydrogen-bond acceptors (Lipinski definition) is 1. The molecule has 0 aliphatic rings. The lowest BCUT2D eigenvalue weighted by molar-refractivity contribution is 0.565. The van der Waals surface area contributed by atoms with Crippen LogP contribution in [-0.2, 0) is 6.42 Å². The van der Waals surface area contributed by atoms with Crippen molar-refractivity contribution in [2.24, 2.45) is 0 Å². The van der Waals surface area contributed by atoms with Gasteiger partial charge in [0.05, 0.1) is 5.02 Å². The molecule has 0 aliphatic carbocycles.